The Morgan fingerprint density at radius 3 is 2.71 bits per heavy atom. The largest absolute Gasteiger partial charge is 0.496 e. The quantitative estimate of drug-likeness (QED) is 0.604. The zero-order chi connectivity index (χ0) is 20.1. The van der Waals surface area contributed by atoms with Gasteiger partial charge in [-0.05, 0) is 41.0 Å². The first-order chi connectivity index (χ1) is 13.5. The maximum Gasteiger partial charge on any atom is 0.322 e. The maximum atomic E-state index is 15.3. The van der Waals surface area contributed by atoms with Gasteiger partial charge in [-0.25, -0.2) is 9.37 Å². The Balaban J connectivity index is 1.89. The zero-order valence-electron chi connectivity index (χ0n) is 15.1. The number of aromatic nitrogens is 1. The van der Waals surface area contributed by atoms with Gasteiger partial charge in [0.05, 0.1) is 12.7 Å². The number of methoxy groups -OCH3 is 1. The number of hydrogen-bond donors (Lipinski definition) is 2. The molecular weight excluding hydrogens is 383 g/mol. The highest BCUT2D eigenvalue weighted by Gasteiger charge is 2.17. The molecule has 3 aromatic rings. The summed E-state index contributed by atoms with van der Waals surface area (Å²) in [5.41, 5.74) is 2.27. The van der Waals surface area contributed by atoms with Crippen LogP contribution < -0.4 is 10.1 Å². The molecule has 0 fully saturated rings. The van der Waals surface area contributed by atoms with Crippen molar-refractivity contribution in [3.05, 3.63) is 76.7 Å². The summed E-state index contributed by atoms with van der Waals surface area (Å²) >= 11 is 6.06. The van der Waals surface area contributed by atoms with Gasteiger partial charge in [0.2, 0.25) is 0 Å². The monoisotopic (exact) mass is 400 g/mol. The Hall–Kier alpha value is -3.12. The van der Waals surface area contributed by atoms with Crippen molar-refractivity contribution in [1.29, 1.82) is 0 Å². The molecule has 7 heteroatoms. The van der Waals surface area contributed by atoms with E-state index < -0.39 is 5.97 Å². The number of halogens is 2. The molecule has 0 saturated heterocycles. The van der Waals surface area contributed by atoms with Crippen LogP contribution in [0.5, 0.6) is 5.75 Å². The molecule has 3 rings (SSSR count). The lowest BCUT2D eigenvalue weighted by atomic mass is 9.97. The van der Waals surface area contributed by atoms with Crippen LogP contribution in [0.3, 0.4) is 0 Å². The number of carboxylic acid groups (broad SMARTS) is 1. The fourth-order valence-corrected chi connectivity index (χ4v) is 3.03. The summed E-state index contributed by atoms with van der Waals surface area (Å²) in [6, 6.07) is 13.8. The number of pyridine rings is 1. The first kappa shape index (κ1) is 19.6. The third kappa shape index (κ3) is 4.58. The number of carbonyl (C=O) groups is 1. The van der Waals surface area contributed by atoms with Gasteiger partial charge in [-0.1, -0.05) is 35.9 Å². The number of nitrogens with zero attached hydrogens (tertiary/aromatic N) is 1. The second-order valence-corrected chi connectivity index (χ2v) is 6.54. The van der Waals surface area contributed by atoms with Crippen LogP contribution in [0.15, 0.2) is 54.7 Å². The molecule has 0 amide bonds. The van der Waals surface area contributed by atoms with Crippen LogP contribution in [0.25, 0.3) is 11.1 Å². The minimum Gasteiger partial charge on any atom is -0.496 e. The van der Waals surface area contributed by atoms with E-state index in [1.54, 1.807) is 54.7 Å². The summed E-state index contributed by atoms with van der Waals surface area (Å²) in [6.07, 6.45) is 1.92. The SMILES string of the molecule is COc1ccc(Cc2ccc(NCC(=O)O)nc2)c(F)c1-c1cccc(Cl)c1. The van der Waals surface area contributed by atoms with E-state index in [0.29, 0.717) is 39.7 Å². The number of aliphatic carboxylic acids is 1. The number of carboxylic acids is 1. The van der Waals surface area contributed by atoms with Crippen LogP contribution in [-0.2, 0) is 11.2 Å². The Labute approximate surface area is 166 Å². The zero-order valence-corrected chi connectivity index (χ0v) is 15.8. The lowest BCUT2D eigenvalue weighted by molar-refractivity contribution is -0.134. The average Bonchev–Trinajstić information content (AvgIpc) is 2.68. The summed E-state index contributed by atoms with van der Waals surface area (Å²) in [6.45, 7) is -0.220. The Morgan fingerprint density at radius 1 is 1.25 bits per heavy atom. The second-order valence-electron chi connectivity index (χ2n) is 6.10. The number of rotatable bonds is 7. The normalized spacial score (nSPS) is 10.5. The standard InChI is InChI=1S/C21H18ClFN2O3/c1-28-17-7-6-15(21(23)20(17)14-3-2-4-16(22)10-14)9-13-5-8-18(24-11-13)25-12-19(26)27/h2-8,10-11H,9,12H2,1H3,(H,24,25)(H,26,27). The Kier molecular flexibility index (Phi) is 6.11. The van der Waals surface area contributed by atoms with E-state index >= 15 is 4.39 Å². The summed E-state index contributed by atoms with van der Waals surface area (Å²) in [4.78, 5) is 14.8. The topological polar surface area (TPSA) is 71.5 Å². The van der Waals surface area contributed by atoms with E-state index in [-0.39, 0.29) is 12.4 Å². The van der Waals surface area contributed by atoms with Gasteiger partial charge in [-0.2, -0.15) is 0 Å². The Bertz CT molecular complexity index is 993. The molecule has 1 aromatic heterocycles. The van der Waals surface area contributed by atoms with E-state index in [4.69, 9.17) is 21.4 Å². The Morgan fingerprint density at radius 2 is 2.07 bits per heavy atom. The van der Waals surface area contributed by atoms with Crippen LogP contribution in [0.2, 0.25) is 5.02 Å². The van der Waals surface area contributed by atoms with Crippen molar-refractivity contribution in [3.63, 3.8) is 0 Å². The third-order valence-corrected chi connectivity index (χ3v) is 4.39. The minimum atomic E-state index is -0.972. The molecule has 2 aromatic carbocycles. The van der Waals surface area contributed by atoms with E-state index in [2.05, 4.69) is 10.3 Å². The lowest BCUT2D eigenvalue weighted by Crippen LogP contribution is -2.13. The third-order valence-electron chi connectivity index (χ3n) is 4.16. The average molecular weight is 401 g/mol. The van der Waals surface area contributed by atoms with Crippen molar-refractivity contribution in [3.8, 4) is 16.9 Å². The number of hydrogen-bond acceptors (Lipinski definition) is 4. The molecule has 0 aliphatic carbocycles. The predicted octanol–water partition coefficient (Wildman–Crippen LogP) is 4.64. The molecule has 144 valence electrons. The molecule has 0 aliphatic heterocycles. The highest BCUT2D eigenvalue weighted by molar-refractivity contribution is 6.30. The van der Waals surface area contributed by atoms with Crippen LogP contribution in [0.4, 0.5) is 10.2 Å². The number of ether oxygens (including phenoxy) is 1. The molecule has 0 radical (unpaired) electrons. The van der Waals surface area contributed by atoms with Crippen molar-refractivity contribution in [2.45, 2.75) is 6.42 Å². The van der Waals surface area contributed by atoms with Gasteiger partial charge in [0.1, 0.15) is 23.9 Å². The molecule has 1 heterocycles. The fraction of sp³-hybridized carbons (Fsp3) is 0.143. The molecule has 0 aliphatic rings. The predicted molar refractivity (Wildman–Crippen MR) is 107 cm³/mol. The van der Waals surface area contributed by atoms with Gasteiger partial charge in [-0.3, -0.25) is 4.79 Å². The first-order valence-electron chi connectivity index (χ1n) is 8.50. The molecule has 28 heavy (non-hydrogen) atoms. The number of anilines is 1. The highest BCUT2D eigenvalue weighted by Crippen LogP contribution is 2.36. The molecule has 2 N–H and O–H groups in total. The van der Waals surface area contributed by atoms with E-state index in [0.717, 1.165) is 5.56 Å². The van der Waals surface area contributed by atoms with Gasteiger partial charge >= 0.3 is 5.97 Å². The van der Waals surface area contributed by atoms with Gasteiger partial charge in [-0.15, -0.1) is 0 Å². The lowest BCUT2D eigenvalue weighted by Gasteiger charge is -2.14. The summed E-state index contributed by atoms with van der Waals surface area (Å²) in [5.74, 6) is -0.481. The molecule has 0 saturated carbocycles. The summed E-state index contributed by atoms with van der Waals surface area (Å²) in [5, 5.41) is 11.9. The van der Waals surface area contributed by atoms with Gasteiger partial charge in [0.25, 0.3) is 0 Å². The summed E-state index contributed by atoms with van der Waals surface area (Å²) < 4.78 is 20.6. The molecule has 0 spiro atoms. The van der Waals surface area contributed by atoms with Crippen molar-refractivity contribution in [2.24, 2.45) is 0 Å². The van der Waals surface area contributed by atoms with Crippen molar-refractivity contribution >= 4 is 23.4 Å². The fourth-order valence-electron chi connectivity index (χ4n) is 2.84. The molecule has 0 atom stereocenters. The molecule has 5 nitrogen and oxygen atoms in total. The smallest absolute Gasteiger partial charge is 0.322 e. The van der Waals surface area contributed by atoms with Crippen LogP contribution in [-0.4, -0.2) is 29.7 Å². The maximum absolute atomic E-state index is 15.3. The van der Waals surface area contributed by atoms with Gasteiger partial charge in [0.15, 0.2) is 0 Å². The van der Waals surface area contributed by atoms with Crippen LogP contribution >= 0.6 is 11.6 Å². The molecular formula is C21H18ClFN2O3. The van der Waals surface area contributed by atoms with Crippen LogP contribution in [0.1, 0.15) is 11.1 Å². The van der Waals surface area contributed by atoms with Crippen molar-refractivity contribution in [1.82, 2.24) is 4.98 Å². The van der Waals surface area contributed by atoms with E-state index in [1.165, 1.54) is 7.11 Å². The number of nitrogens with one attached hydrogen (secondary N) is 1. The van der Waals surface area contributed by atoms with Gasteiger partial charge in [0, 0.05) is 17.6 Å². The van der Waals surface area contributed by atoms with E-state index in [1.807, 2.05) is 0 Å². The van der Waals surface area contributed by atoms with E-state index in [9.17, 15) is 4.79 Å². The highest BCUT2D eigenvalue weighted by atomic mass is 35.5. The second kappa shape index (κ2) is 8.71. The van der Waals surface area contributed by atoms with Gasteiger partial charge < -0.3 is 15.2 Å². The van der Waals surface area contributed by atoms with Crippen molar-refractivity contribution in [2.75, 3.05) is 19.0 Å². The molecule has 0 unspecified atom stereocenters. The number of benzene rings is 2. The first-order valence-corrected chi connectivity index (χ1v) is 8.87. The van der Waals surface area contributed by atoms with Crippen LogP contribution in [0, 0.1) is 5.82 Å². The molecule has 0 bridgehead atoms. The summed E-state index contributed by atoms with van der Waals surface area (Å²) in [7, 11) is 1.50. The van der Waals surface area contributed by atoms with Crippen molar-refractivity contribution < 1.29 is 19.0 Å². The minimum absolute atomic E-state index is 0.220.